The first kappa shape index (κ1) is 15.3. The number of likely N-dealkylation sites (tertiary alicyclic amines) is 1. The van der Waals surface area contributed by atoms with Crippen molar-refractivity contribution in [3.63, 3.8) is 0 Å². The van der Waals surface area contributed by atoms with Gasteiger partial charge in [0.05, 0.1) is 17.5 Å². The van der Waals surface area contributed by atoms with Crippen molar-refractivity contribution in [1.29, 1.82) is 0 Å². The van der Waals surface area contributed by atoms with Crippen LogP contribution in [0.25, 0.3) is 0 Å². The van der Waals surface area contributed by atoms with Gasteiger partial charge in [-0.1, -0.05) is 6.92 Å². The second-order valence-electron chi connectivity index (χ2n) is 6.17. The van der Waals surface area contributed by atoms with Crippen LogP contribution in [0, 0.1) is 0 Å². The fraction of sp³-hybridized carbons (Fsp3) is 0.467. The van der Waals surface area contributed by atoms with Gasteiger partial charge in [0.25, 0.3) is 5.91 Å². The lowest BCUT2D eigenvalue weighted by Crippen LogP contribution is -2.45. The van der Waals surface area contributed by atoms with Crippen molar-refractivity contribution in [2.24, 2.45) is 5.73 Å². The SMILES string of the molecule is CC1(c2[nH]ncc2C(N)=O)CCN(C(=O)Cn2cccn2)CC1. The zero-order valence-corrected chi connectivity index (χ0v) is 13.0. The van der Waals surface area contributed by atoms with E-state index in [-0.39, 0.29) is 17.9 Å². The zero-order valence-electron chi connectivity index (χ0n) is 13.0. The van der Waals surface area contributed by atoms with Crippen LogP contribution in [-0.2, 0) is 16.8 Å². The highest BCUT2D eigenvalue weighted by atomic mass is 16.2. The van der Waals surface area contributed by atoms with Gasteiger partial charge in [-0.3, -0.25) is 19.4 Å². The smallest absolute Gasteiger partial charge is 0.252 e. The molecule has 1 aliphatic rings. The molecule has 8 nitrogen and oxygen atoms in total. The molecule has 0 unspecified atom stereocenters. The Kier molecular flexibility index (Phi) is 3.89. The predicted octanol–water partition coefficient (Wildman–Crippen LogP) is 0.285. The number of primary amides is 1. The second-order valence-corrected chi connectivity index (χ2v) is 6.17. The molecule has 3 rings (SSSR count). The number of aromatic nitrogens is 4. The molecule has 1 saturated heterocycles. The Labute approximate surface area is 133 Å². The van der Waals surface area contributed by atoms with Crippen LogP contribution in [0.4, 0.5) is 0 Å². The molecule has 0 aliphatic carbocycles. The quantitative estimate of drug-likeness (QED) is 0.844. The first-order valence-corrected chi connectivity index (χ1v) is 7.58. The maximum Gasteiger partial charge on any atom is 0.252 e. The molecule has 2 aromatic rings. The summed E-state index contributed by atoms with van der Waals surface area (Å²) in [5.41, 5.74) is 6.37. The minimum absolute atomic E-state index is 0.0514. The van der Waals surface area contributed by atoms with Crippen molar-refractivity contribution in [2.45, 2.75) is 31.7 Å². The summed E-state index contributed by atoms with van der Waals surface area (Å²) in [5, 5.41) is 10.9. The van der Waals surface area contributed by atoms with Crippen LogP contribution in [0.3, 0.4) is 0 Å². The predicted molar refractivity (Wildman–Crippen MR) is 82.5 cm³/mol. The summed E-state index contributed by atoms with van der Waals surface area (Å²) in [4.78, 5) is 25.7. The first-order valence-electron chi connectivity index (χ1n) is 7.58. The Balaban J connectivity index is 1.66. The summed E-state index contributed by atoms with van der Waals surface area (Å²) < 4.78 is 1.62. The summed E-state index contributed by atoms with van der Waals surface area (Å²) in [6.45, 7) is 3.59. The number of rotatable bonds is 4. The lowest BCUT2D eigenvalue weighted by atomic mass is 9.76. The third-order valence-corrected chi connectivity index (χ3v) is 4.58. The summed E-state index contributed by atoms with van der Waals surface area (Å²) in [6.07, 6.45) is 6.40. The Morgan fingerprint density at radius 2 is 2.13 bits per heavy atom. The molecule has 0 bridgehead atoms. The van der Waals surface area contributed by atoms with Crippen molar-refractivity contribution in [1.82, 2.24) is 24.9 Å². The fourth-order valence-electron chi connectivity index (χ4n) is 3.07. The van der Waals surface area contributed by atoms with E-state index in [4.69, 9.17) is 5.73 Å². The van der Waals surface area contributed by atoms with Crippen LogP contribution in [0.5, 0.6) is 0 Å². The van der Waals surface area contributed by atoms with E-state index in [1.807, 2.05) is 4.90 Å². The van der Waals surface area contributed by atoms with Gasteiger partial charge in [-0.05, 0) is 18.9 Å². The summed E-state index contributed by atoms with van der Waals surface area (Å²) in [5.74, 6) is -0.428. The van der Waals surface area contributed by atoms with Gasteiger partial charge < -0.3 is 10.6 Å². The molecule has 1 fully saturated rings. The molecular formula is C15H20N6O2. The number of nitrogens with two attached hydrogens (primary N) is 1. The minimum Gasteiger partial charge on any atom is -0.365 e. The van der Waals surface area contributed by atoms with Crippen molar-refractivity contribution in [3.05, 3.63) is 35.9 Å². The molecule has 0 aromatic carbocycles. The third kappa shape index (κ3) is 2.96. The van der Waals surface area contributed by atoms with E-state index in [9.17, 15) is 9.59 Å². The molecule has 0 saturated carbocycles. The molecule has 2 aromatic heterocycles. The van der Waals surface area contributed by atoms with Crippen LogP contribution in [0.15, 0.2) is 24.7 Å². The van der Waals surface area contributed by atoms with Crippen LogP contribution in [0.2, 0.25) is 0 Å². The summed E-state index contributed by atoms with van der Waals surface area (Å²) >= 11 is 0. The van der Waals surface area contributed by atoms with E-state index in [2.05, 4.69) is 22.2 Å². The molecular weight excluding hydrogens is 296 g/mol. The van der Waals surface area contributed by atoms with Gasteiger partial charge in [-0.15, -0.1) is 0 Å². The van der Waals surface area contributed by atoms with Crippen LogP contribution in [-0.4, -0.2) is 49.8 Å². The highest BCUT2D eigenvalue weighted by molar-refractivity contribution is 5.94. The van der Waals surface area contributed by atoms with Crippen molar-refractivity contribution < 1.29 is 9.59 Å². The Morgan fingerprint density at radius 1 is 1.39 bits per heavy atom. The molecule has 8 heteroatoms. The maximum absolute atomic E-state index is 12.3. The average molecular weight is 316 g/mol. The molecule has 0 radical (unpaired) electrons. The van der Waals surface area contributed by atoms with Crippen molar-refractivity contribution in [3.8, 4) is 0 Å². The summed E-state index contributed by atoms with van der Waals surface area (Å²) in [6, 6.07) is 1.80. The van der Waals surface area contributed by atoms with Crippen LogP contribution < -0.4 is 5.73 Å². The highest BCUT2D eigenvalue weighted by Crippen LogP contribution is 2.35. The topological polar surface area (TPSA) is 110 Å². The number of aromatic amines is 1. The molecule has 0 spiro atoms. The van der Waals surface area contributed by atoms with Crippen molar-refractivity contribution >= 4 is 11.8 Å². The van der Waals surface area contributed by atoms with Crippen molar-refractivity contribution in [2.75, 3.05) is 13.1 Å². The van der Waals surface area contributed by atoms with E-state index in [1.165, 1.54) is 6.20 Å². The van der Waals surface area contributed by atoms with E-state index in [1.54, 1.807) is 23.1 Å². The monoisotopic (exact) mass is 316 g/mol. The van der Waals surface area contributed by atoms with E-state index >= 15 is 0 Å². The number of hydrogen-bond acceptors (Lipinski definition) is 4. The van der Waals surface area contributed by atoms with Gasteiger partial charge in [-0.25, -0.2) is 0 Å². The van der Waals surface area contributed by atoms with Gasteiger partial charge in [0, 0.05) is 30.9 Å². The van der Waals surface area contributed by atoms with E-state index in [0.29, 0.717) is 18.7 Å². The third-order valence-electron chi connectivity index (χ3n) is 4.58. The standard InChI is InChI=1S/C15H20N6O2/c1-15(13-11(14(16)23)9-17-19-13)3-7-20(8-4-15)12(22)10-21-6-2-5-18-21/h2,5-6,9H,3-4,7-8,10H2,1H3,(H2,16,23)(H,17,19). The minimum atomic E-state index is -0.479. The number of amides is 2. The maximum atomic E-state index is 12.3. The number of nitrogens with zero attached hydrogens (tertiary/aromatic N) is 4. The number of carbonyl (C=O) groups is 2. The lowest BCUT2D eigenvalue weighted by Gasteiger charge is -2.39. The second kappa shape index (κ2) is 5.86. The molecule has 1 aliphatic heterocycles. The van der Waals surface area contributed by atoms with Gasteiger partial charge in [0.1, 0.15) is 6.54 Å². The molecule has 23 heavy (non-hydrogen) atoms. The van der Waals surface area contributed by atoms with Crippen LogP contribution in [0.1, 0.15) is 35.8 Å². The van der Waals surface area contributed by atoms with E-state index in [0.717, 1.165) is 18.5 Å². The normalized spacial score (nSPS) is 17.2. The molecule has 3 heterocycles. The number of piperidine rings is 1. The van der Waals surface area contributed by atoms with Crippen LogP contribution >= 0.6 is 0 Å². The Morgan fingerprint density at radius 3 is 2.74 bits per heavy atom. The van der Waals surface area contributed by atoms with Gasteiger partial charge in [-0.2, -0.15) is 10.2 Å². The number of H-pyrrole nitrogens is 1. The number of nitrogens with one attached hydrogen (secondary N) is 1. The number of carbonyl (C=O) groups excluding carboxylic acids is 2. The van der Waals surface area contributed by atoms with Gasteiger partial charge in [0.15, 0.2) is 0 Å². The first-order chi connectivity index (χ1) is 11.0. The molecule has 122 valence electrons. The molecule has 0 atom stereocenters. The molecule has 2 amide bonds. The zero-order chi connectivity index (χ0) is 16.4. The average Bonchev–Trinajstić information content (AvgIpc) is 3.19. The fourth-order valence-corrected chi connectivity index (χ4v) is 3.07. The largest absolute Gasteiger partial charge is 0.365 e. The molecule has 3 N–H and O–H groups in total. The lowest BCUT2D eigenvalue weighted by molar-refractivity contribution is -0.133. The Bertz CT molecular complexity index is 697. The van der Waals surface area contributed by atoms with E-state index < -0.39 is 5.91 Å². The van der Waals surface area contributed by atoms with Gasteiger partial charge in [0.2, 0.25) is 5.91 Å². The highest BCUT2D eigenvalue weighted by Gasteiger charge is 2.37. The Hall–Kier alpha value is -2.64. The number of hydrogen-bond donors (Lipinski definition) is 2. The summed E-state index contributed by atoms with van der Waals surface area (Å²) in [7, 11) is 0. The van der Waals surface area contributed by atoms with Gasteiger partial charge >= 0.3 is 0 Å².